The molecule has 0 fully saturated rings. The molecule has 0 bridgehead atoms. The summed E-state index contributed by atoms with van der Waals surface area (Å²) in [6.45, 7) is 2.00. The zero-order valence-electron chi connectivity index (χ0n) is 10.2. The normalized spacial score (nSPS) is 11.7. The van der Waals surface area contributed by atoms with Gasteiger partial charge in [0.25, 0.3) is 0 Å². The fourth-order valence-electron chi connectivity index (χ4n) is 1.51. The van der Waals surface area contributed by atoms with Gasteiger partial charge >= 0.3 is 0 Å². The van der Waals surface area contributed by atoms with Crippen molar-refractivity contribution in [3.05, 3.63) is 45.1 Å². The molecule has 102 valence electrons. The van der Waals surface area contributed by atoms with E-state index in [0.717, 1.165) is 10.4 Å². The predicted molar refractivity (Wildman–Crippen MR) is 78.9 cm³/mol. The van der Waals surface area contributed by atoms with Crippen molar-refractivity contribution in [1.82, 2.24) is 4.72 Å². The fourth-order valence-corrected chi connectivity index (χ4v) is 3.72. The van der Waals surface area contributed by atoms with E-state index in [1.165, 1.54) is 17.4 Å². The second-order valence-corrected chi connectivity index (χ2v) is 7.62. The topological polar surface area (TPSA) is 72.2 Å². The summed E-state index contributed by atoms with van der Waals surface area (Å²) in [6.07, 6.45) is 0. The van der Waals surface area contributed by atoms with Gasteiger partial charge in [-0.1, -0.05) is 11.6 Å². The number of nitrogens with one attached hydrogen (secondary N) is 1. The van der Waals surface area contributed by atoms with Crippen molar-refractivity contribution < 1.29 is 8.42 Å². The van der Waals surface area contributed by atoms with Crippen LogP contribution in [0.3, 0.4) is 0 Å². The molecule has 0 saturated heterocycles. The molecular formula is C12H13ClN2O2S2. The van der Waals surface area contributed by atoms with E-state index in [-0.39, 0.29) is 11.4 Å². The summed E-state index contributed by atoms with van der Waals surface area (Å²) in [5, 5.41) is 0. The Morgan fingerprint density at radius 3 is 2.63 bits per heavy atom. The zero-order chi connectivity index (χ0) is 14.0. The molecule has 1 aromatic carbocycles. The molecule has 0 aliphatic heterocycles. The summed E-state index contributed by atoms with van der Waals surface area (Å²) in [5.74, 6) is 0. The van der Waals surface area contributed by atoms with Crippen LogP contribution in [0.25, 0.3) is 0 Å². The molecule has 0 aliphatic rings. The predicted octanol–water partition coefficient (Wildman–Crippen LogP) is 2.77. The van der Waals surface area contributed by atoms with Crippen molar-refractivity contribution in [2.75, 3.05) is 5.73 Å². The van der Waals surface area contributed by atoms with Crippen molar-refractivity contribution in [2.24, 2.45) is 0 Å². The van der Waals surface area contributed by atoms with E-state index in [4.69, 9.17) is 17.3 Å². The summed E-state index contributed by atoms with van der Waals surface area (Å²) in [5.41, 5.74) is 6.98. The van der Waals surface area contributed by atoms with E-state index in [9.17, 15) is 8.42 Å². The minimum atomic E-state index is -3.53. The van der Waals surface area contributed by atoms with Gasteiger partial charge in [0.05, 0.1) is 9.23 Å². The fraction of sp³-hybridized carbons (Fsp3) is 0.167. The standard InChI is InChI=1S/C12H13ClN2O2S2/c1-8-6-10(3-4-11(8)14)19(16,17)15-7-9-2-5-12(13)18-9/h2-6,15H,7,14H2,1H3. The van der Waals surface area contributed by atoms with E-state index in [2.05, 4.69) is 4.72 Å². The number of anilines is 1. The average Bonchev–Trinajstić information content (AvgIpc) is 2.76. The highest BCUT2D eigenvalue weighted by Crippen LogP contribution is 2.22. The molecule has 0 spiro atoms. The molecule has 0 radical (unpaired) electrons. The quantitative estimate of drug-likeness (QED) is 0.852. The van der Waals surface area contributed by atoms with Crippen LogP contribution in [0.4, 0.5) is 5.69 Å². The van der Waals surface area contributed by atoms with E-state index in [0.29, 0.717) is 10.0 Å². The van der Waals surface area contributed by atoms with Crippen molar-refractivity contribution in [2.45, 2.75) is 18.4 Å². The molecule has 19 heavy (non-hydrogen) atoms. The van der Waals surface area contributed by atoms with Gasteiger partial charge in [0.15, 0.2) is 0 Å². The van der Waals surface area contributed by atoms with Crippen LogP contribution >= 0.6 is 22.9 Å². The Labute approximate surface area is 121 Å². The maximum absolute atomic E-state index is 12.1. The first-order valence-corrected chi connectivity index (χ1v) is 8.16. The molecule has 0 unspecified atom stereocenters. The van der Waals surface area contributed by atoms with Gasteiger partial charge in [-0.05, 0) is 42.8 Å². The SMILES string of the molecule is Cc1cc(S(=O)(=O)NCc2ccc(Cl)s2)ccc1N. The number of benzene rings is 1. The second kappa shape index (κ2) is 5.50. The first-order valence-electron chi connectivity index (χ1n) is 5.48. The molecule has 1 aromatic heterocycles. The van der Waals surface area contributed by atoms with Gasteiger partial charge in [-0.15, -0.1) is 11.3 Å². The molecule has 7 heteroatoms. The van der Waals surface area contributed by atoms with Crippen LogP contribution in [0.2, 0.25) is 4.34 Å². The average molecular weight is 317 g/mol. The number of sulfonamides is 1. The third-order valence-electron chi connectivity index (χ3n) is 2.62. The minimum absolute atomic E-state index is 0.210. The monoisotopic (exact) mass is 316 g/mol. The van der Waals surface area contributed by atoms with Crippen LogP contribution in [0.15, 0.2) is 35.2 Å². The highest BCUT2D eigenvalue weighted by atomic mass is 35.5. The molecule has 2 aromatic rings. The van der Waals surface area contributed by atoms with Gasteiger partial charge in [-0.2, -0.15) is 0 Å². The summed E-state index contributed by atoms with van der Waals surface area (Å²) in [4.78, 5) is 1.07. The molecular weight excluding hydrogens is 304 g/mol. The molecule has 0 amide bonds. The lowest BCUT2D eigenvalue weighted by molar-refractivity contribution is 0.582. The van der Waals surface area contributed by atoms with Crippen LogP contribution in [0.1, 0.15) is 10.4 Å². The number of hydrogen-bond donors (Lipinski definition) is 2. The Kier molecular flexibility index (Phi) is 4.15. The highest BCUT2D eigenvalue weighted by Gasteiger charge is 2.14. The molecule has 3 N–H and O–H groups in total. The Balaban J connectivity index is 2.16. The van der Waals surface area contributed by atoms with Gasteiger partial charge in [-0.25, -0.2) is 13.1 Å². The lowest BCUT2D eigenvalue weighted by atomic mass is 10.2. The van der Waals surface area contributed by atoms with E-state index >= 15 is 0 Å². The Bertz CT molecular complexity index is 696. The van der Waals surface area contributed by atoms with Crippen LogP contribution in [-0.4, -0.2) is 8.42 Å². The Morgan fingerprint density at radius 2 is 2.05 bits per heavy atom. The van der Waals surface area contributed by atoms with E-state index in [1.807, 2.05) is 0 Å². The molecule has 0 aliphatic carbocycles. The molecule has 0 atom stereocenters. The van der Waals surface area contributed by atoms with Crippen LogP contribution in [0.5, 0.6) is 0 Å². The number of nitrogen functional groups attached to an aromatic ring is 1. The zero-order valence-corrected chi connectivity index (χ0v) is 12.6. The van der Waals surface area contributed by atoms with Gasteiger partial charge < -0.3 is 5.73 Å². The van der Waals surface area contributed by atoms with Crippen LogP contribution in [-0.2, 0) is 16.6 Å². The van der Waals surface area contributed by atoms with Crippen molar-refractivity contribution >= 4 is 38.6 Å². The molecule has 0 saturated carbocycles. The molecule has 4 nitrogen and oxygen atoms in total. The smallest absolute Gasteiger partial charge is 0.240 e. The third kappa shape index (κ3) is 3.48. The van der Waals surface area contributed by atoms with Crippen LogP contribution in [0, 0.1) is 6.92 Å². The van der Waals surface area contributed by atoms with E-state index in [1.54, 1.807) is 31.2 Å². The summed E-state index contributed by atoms with van der Waals surface area (Å²) in [7, 11) is -3.53. The lowest BCUT2D eigenvalue weighted by Gasteiger charge is -2.07. The van der Waals surface area contributed by atoms with Crippen LogP contribution < -0.4 is 10.5 Å². The Morgan fingerprint density at radius 1 is 1.32 bits per heavy atom. The van der Waals surface area contributed by atoms with Gasteiger partial charge in [0, 0.05) is 17.1 Å². The van der Waals surface area contributed by atoms with Gasteiger partial charge in [0.1, 0.15) is 0 Å². The number of nitrogens with two attached hydrogens (primary N) is 1. The number of hydrogen-bond acceptors (Lipinski definition) is 4. The van der Waals surface area contributed by atoms with Gasteiger partial charge in [0.2, 0.25) is 10.0 Å². The maximum atomic E-state index is 12.1. The number of aryl methyl sites for hydroxylation is 1. The Hall–Kier alpha value is -1.08. The second-order valence-electron chi connectivity index (χ2n) is 4.05. The first kappa shape index (κ1) is 14.3. The summed E-state index contributed by atoms with van der Waals surface area (Å²) >= 11 is 7.14. The van der Waals surface area contributed by atoms with Crippen molar-refractivity contribution in [3.63, 3.8) is 0 Å². The van der Waals surface area contributed by atoms with Gasteiger partial charge in [-0.3, -0.25) is 0 Å². The largest absolute Gasteiger partial charge is 0.399 e. The maximum Gasteiger partial charge on any atom is 0.240 e. The molecule has 2 rings (SSSR count). The lowest BCUT2D eigenvalue weighted by Crippen LogP contribution is -2.22. The highest BCUT2D eigenvalue weighted by molar-refractivity contribution is 7.89. The summed E-state index contributed by atoms with van der Waals surface area (Å²) < 4.78 is 27.4. The third-order valence-corrected chi connectivity index (χ3v) is 5.25. The first-order chi connectivity index (χ1) is 8.88. The number of halogens is 1. The summed E-state index contributed by atoms with van der Waals surface area (Å²) in [6, 6.07) is 8.17. The van der Waals surface area contributed by atoms with Crippen molar-refractivity contribution in [3.8, 4) is 0 Å². The number of thiophene rings is 1. The van der Waals surface area contributed by atoms with E-state index < -0.39 is 10.0 Å². The minimum Gasteiger partial charge on any atom is -0.399 e. The van der Waals surface area contributed by atoms with Crippen molar-refractivity contribution in [1.29, 1.82) is 0 Å². The number of rotatable bonds is 4. The molecule has 1 heterocycles.